The van der Waals surface area contributed by atoms with Gasteiger partial charge in [0.05, 0.1) is 6.61 Å². The minimum atomic E-state index is -0.306. The first-order chi connectivity index (χ1) is 11.9. The Morgan fingerprint density at radius 2 is 2.00 bits per heavy atom. The van der Waals surface area contributed by atoms with Crippen LogP contribution in [0.4, 0.5) is 5.69 Å². The predicted octanol–water partition coefficient (Wildman–Crippen LogP) is 2.40. The van der Waals surface area contributed by atoms with Gasteiger partial charge >= 0.3 is 0 Å². The van der Waals surface area contributed by atoms with Crippen LogP contribution < -0.4 is 10.6 Å². The molecule has 7 nitrogen and oxygen atoms in total. The highest BCUT2D eigenvalue weighted by Crippen LogP contribution is 2.20. The highest BCUT2D eigenvalue weighted by Gasteiger charge is 2.15. The van der Waals surface area contributed by atoms with Gasteiger partial charge in [-0.15, -0.1) is 0 Å². The van der Waals surface area contributed by atoms with Crippen LogP contribution in [0.3, 0.4) is 0 Å². The first-order valence-electron chi connectivity index (χ1n) is 8.17. The Balaban J connectivity index is 2.12. The zero-order valence-electron chi connectivity index (χ0n) is 15.0. The van der Waals surface area contributed by atoms with Crippen LogP contribution in [0.2, 0.25) is 0 Å². The number of rotatable bonds is 7. The highest BCUT2D eigenvalue weighted by atomic mass is 16.5. The standard InChI is InChI=1S/C18H24N4O3/c1-12(2)22-10-8-16(21-22)18(24)20-15-7-5-6-14(13(15)3)17(23)19-9-11-25-4/h5-8,10,12H,9,11H2,1-4H3,(H,19,23)(H,20,24). The molecule has 2 amide bonds. The molecule has 25 heavy (non-hydrogen) atoms. The highest BCUT2D eigenvalue weighted by molar-refractivity contribution is 6.04. The Bertz CT molecular complexity index is 753. The monoisotopic (exact) mass is 344 g/mol. The third-order valence-electron chi connectivity index (χ3n) is 3.79. The van der Waals surface area contributed by atoms with Gasteiger partial charge in [0, 0.05) is 37.1 Å². The average molecular weight is 344 g/mol. The second-order valence-corrected chi connectivity index (χ2v) is 5.96. The number of hydrogen-bond acceptors (Lipinski definition) is 4. The number of hydrogen-bond donors (Lipinski definition) is 2. The van der Waals surface area contributed by atoms with E-state index in [2.05, 4.69) is 15.7 Å². The molecular formula is C18H24N4O3. The third-order valence-corrected chi connectivity index (χ3v) is 3.79. The van der Waals surface area contributed by atoms with E-state index in [9.17, 15) is 9.59 Å². The predicted molar refractivity (Wildman–Crippen MR) is 96.0 cm³/mol. The van der Waals surface area contributed by atoms with Crippen molar-refractivity contribution in [3.05, 3.63) is 47.3 Å². The molecule has 7 heteroatoms. The molecule has 1 heterocycles. The maximum atomic E-state index is 12.4. The molecule has 0 saturated heterocycles. The summed E-state index contributed by atoms with van der Waals surface area (Å²) in [6, 6.07) is 7.08. The average Bonchev–Trinajstić information content (AvgIpc) is 3.07. The van der Waals surface area contributed by atoms with Crippen molar-refractivity contribution in [2.24, 2.45) is 0 Å². The van der Waals surface area contributed by atoms with Crippen molar-refractivity contribution in [2.75, 3.05) is 25.6 Å². The summed E-state index contributed by atoms with van der Waals surface area (Å²) in [4.78, 5) is 24.6. The SMILES string of the molecule is COCCNC(=O)c1cccc(NC(=O)c2ccn(C(C)C)n2)c1C. The van der Waals surface area contributed by atoms with E-state index in [1.54, 1.807) is 49.2 Å². The van der Waals surface area contributed by atoms with Gasteiger partial charge in [-0.1, -0.05) is 6.07 Å². The number of methoxy groups -OCH3 is 1. The number of carbonyl (C=O) groups excluding carboxylic acids is 2. The summed E-state index contributed by atoms with van der Waals surface area (Å²) in [7, 11) is 1.58. The fraction of sp³-hybridized carbons (Fsp3) is 0.389. The van der Waals surface area contributed by atoms with Gasteiger partial charge in [0.25, 0.3) is 11.8 Å². The number of benzene rings is 1. The van der Waals surface area contributed by atoms with E-state index in [4.69, 9.17) is 4.74 Å². The van der Waals surface area contributed by atoms with Gasteiger partial charge < -0.3 is 15.4 Å². The van der Waals surface area contributed by atoms with Crippen LogP contribution >= 0.6 is 0 Å². The van der Waals surface area contributed by atoms with Gasteiger partial charge in [0.2, 0.25) is 0 Å². The lowest BCUT2D eigenvalue weighted by atomic mass is 10.1. The van der Waals surface area contributed by atoms with Crippen molar-refractivity contribution in [1.29, 1.82) is 0 Å². The van der Waals surface area contributed by atoms with Crippen LogP contribution in [0.15, 0.2) is 30.5 Å². The van der Waals surface area contributed by atoms with Crippen molar-refractivity contribution < 1.29 is 14.3 Å². The quantitative estimate of drug-likeness (QED) is 0.755. The maximum absolute atomic E-state index is 12.4. The van der Waals surface area contributed by atoms with Gasteiger partial charge in [-0.25, -0.2) is 0 Å². The lowest BCUT2D eigenvalue weighted by Crippen LogP contribution is -2.27. The molecule has 2 aromatic rings. The van der Waals surface area contributed by atoms with Crippen LogP contribution in [-0.2, 0) is 4.74 Å². The van der Waals surface area contributed by atoms with Gasteiger partial charge in [-0.2, -0.15) is 5.10 Å². The van der Waals surface area contributed by atoms with E-state index < -0.39 is 0 Å². The molecule has 0 atom stereocenters. The molecule has 0 saturated carbocycles. The fourth-order valence-electron chi connectivity index (χ4n) is 2.31. The number of nitrogens with zero attached hydrogens (tertiary/aromatic N) is 2. The molecule has 1 aromatic carbocycles. The third kappa shape index (κ3) is 4.67. The van der Waals surface area contributed by atoms with Gasteiger partial charge in [-0.3, -0.25) is 14.3 Å². The van der Waals surface area contributed by atoms with E-state index in [0.29, 0.717) is 35.7 Å². The summed E-state index contributed by atoms with van der Waals surface area (Å²) >= 11 is 0. The topological polar surface area (TPSA) is 85.3 Å². The minimum Gasteiger partial charge on any atom is -0.383 e. The number of amides is 2. The molecule has 0 radical (unpaired) electrons. The Kier molecular flexibility index (Phi) is 6.30. The van der Waals surface area contributed by atoms with Gasteiger partial charge in [0.15, 0.2) is 5.69 Å². The van der Waals surface area contributed by atoms with Crippen molar-refractivity contribution in [2.45, 2.75) is 26.8 Å². The lowest BCUT2D eigenvalue weighted by Gasteiger charge is -2.12. The number of aromatic nitrogens is 2. The Morgan fingerprint density at radius 1 is 1.24 bits per heavy atom. The summed E-state index contributed by atoms with van der Waals surface area (Å²) in [6.45, 7) is 6.65. The molecule has 134 valence electrons. The Morgan fingerprint density at radius 3 is 2.64 bits per heavy atom. The van der Waals surface area contributed by atoms with Crippen LogP contribution in [0.5, 0.6) is 0 Å². The second-order valence-electron chi connectivity index (χ2n) is 5.96. The van der Waals surface area contributed by atoms with Crippen LogP contribution in [0, 0.1) is 6.92 Å². The fourth-order valence-corrected chi connectivity index (χ4v) is 2.31. The molecule has 0 aliphatic rings. The number of ether oxygens (including phenoxy) is 1. The Labute approximate surface area is 147 Å². The molecule has 0 spiro atoms. The van der Waals surface area contributed by atoms with Crippen molar-refractivity contribution in [3.8, 4) is 0 Å². The summed E-state index contributed by atoms with van der Waals surface area (Å²) in [6.07, 6.45) is 1.77. The summed E-state index contributed by atoms with van der Waals surface area (Å²) < 4.78 is 6.65. The largest absolute Gasteiger partial charge is 0.383 e. The number of carbonyl (C=O) groups is 2. The van der Waals surface area contributed by atoms with Crippen molar-refractivity contribution in [1.82, 2.24) is 15.1 Å². The molecule has 0 unspecified atom stereocenters. The molecule has 0 fully saturated rings. The molecule has 0 aliphatic heterocycles. The van der Waals surface area contributed by atoms with Gasteiger partial charge in [-0.05, 0) is 44.5 Å². The van der Waals surface area contributed by atoms with Gasteiger partial charge in [0.1, 0.15) is 0 Å². The van der Waals surface area contributed by atoms with E-state index in [-0.39, 0.29) is 17.9 Å². The maximum Gasteiger partial charge on any atom is 0.276 e. The molecule has 0 bridgehead atoms. The Hall–Kier alpha value is -2.67. The van der Waals surface area contributed by atoms with E-state index in [0.717, 1.165) is 0 Å². The number of anilines is 1. The lowest BCUT2D eigenvalue weighted by molar-refractivity contribution is 0.0935. The molecule has 2 rings (SSSR count). The smallest absolute Gasteiger partial charge is 0.276 e. The normalized spacial score (nSPS) is 10.8. The summed E-state index contributed by atoms with van der Waals surface area (Å²) in [5.74, 6) is -0.505. The van der Waals surface area contributed by atoms with Crippen molar-refractivity contribution in [3.63, 3.8) is 0 Å². The first-order valence-corrected chi connectivity index (χ1v) is 8.17. The first kappa shape index (κ1) is 18.7. The van der Waals surface area contributed by atoms with Crippen LogP contribution in [-0.4, -0.2) is 41.9 Å². The molecule has 0 aliphatic carbocycles. The number of nitrogens with one attached hydrogen (secondary N) is 2. The van der Waals surface area contributed by atoms with E-state index in [1.165, 1.54) is 0 Å². The zero-order chi connectivity index (χ0) is 18.4. The zero-order valence-corrected chi connectivity index (χ0v) is 15.0. The molecule has 2 N–H and O–H groups in total. The van der Waals surface area contributed by atoms with E-state index >= 15 is 0 Å². The minimum absolute atomic E-state index is 0.183. The van der Waals surface area contributed by atoms with Crippen LogP contribution in [0.25, 0.3) is 0 Å². The summed E-state index contributed by atoms with van der Waals surface area (Å²) in [5, 5.41) is 9.85. The summed E-state index contributed by atoms with van der Waals surface area (Å²) in [5.41, 5.74) is 2.14. The van der Waals surface area contributed by atoms with Crippen molar-refractivity contribution >= 4 is 17.5 Å². The molecular weight excluding hydrogens is 320 g/mol. The van der Waals surface area contributed by atoms with Crippen LogP contribution in [0.1, 0.15) is 46.3 Å². The second kappa shape index (κ2) is 8.43. The molecule has 1 aromatic heterocycles. The van der Waals surface area contributed by atoms with E-state index in [1.807, 2.05) is 13.8 Å².